The van der Waals surface area contributed by atoms with Crippen LogP contribution in [0.1, 0.15) is 0 Å². The van der Waals surface area contributed by atoms with Crippen LogP contribution in [0.5, 0.6) is 17.2 Å². The lowest BCUT2D eigenvalue weighted by Gasteiger charge is -2.15. The van der Waals surface area contributed by atoms with Crippen molar-refractivity contribution >= 4 is 10.8 Å². The summed E-state index contributed by atoms with van der Waals surface area (Å²) in [5, 5.41) is 12.2. The number of methoxy groups -OCH3 is 2. The summed E-state index contributed by atoms with van der Waals surface area (Å²) in [6, 6.07) is 25.7. The van der Waals surface area contributed by atoms with Crippen LogP contribution in [0.4, 0.5) is 0 Å². The first kappa shape index (κ1) is 17.0. The van der Waals surface area contributed by atoms with Crippen molar-refractivity contribution in [3.05, 3.63) is 78.9 Å². The van der Waals surface area contributed by atoms with Gasteiger partial charge in [0.15, 0.2) is 0 Å². The highest BCUT2D eigenvalue weighted by atomic mass is 16.5. The second-order valence-corrected chi connectivity index (χ2v) is 6.35. The van der Waals surface area contributed by atoms with Crippen LogP contribution < -0.4 is 9.47 Å². The van der Waals surface area contributed by atoms with Crippen LogP contribution in [0.2, 0.25) is 0 Å². The summed E-state index contributed by atoms with van der Waals surface area (Å²) in [5.74, 6) is 1.89. The summed E-state index contributed by atoms with van der Waals surface area (Å²) in [6.45, 7) is 0. The molecule has 0 spiro atoms. The van der Waals surface area contributed by atoms with E-state index in [0.717, 1.165) is 44.5 Å². The smallest absolute Gasteiger partial charge is 0.119 e. The number of phenols is 1. The van der Waals surface area contributed by atoms with E-state index in [9.17, 15) is 5.11 Å². The Hall–Kier alpha value is -3.46. The average Bonchev–Trinajstić information content (AvgIpc) is 2.72. The van der Waals surface area contributed by atoms with Crippen molar-refractivity contribution in [3.8, 4) is 39.5 Å². The van der Waals surface area contributed by atoms with E-state index in [1.165, 1.54) is 0 Å². The predicted octanol–water partition coefficient (Wildman–Crippen LogP) is 5.90. The standard InChI is InChI=1S/C24H20O3/c1-26-20-9-6-16(7-10-20)22-12-8-17-15-21(27-2)11-13-23(17)24(22)18-4-3-5-19(25)14-18/h3-15,25H,1-2H3. The van der Waals surface area contributed by atoms with Crippen LogP contribution in [-0.2, 0) is 0 Å². The normalized spacial score (nSPS) is 10.7. The maximum Gasteiger partial charge on any atom is 0.119 e. The zero-order valence-electron chi connectivity index (χ0n) is 15.3. The summed E-state index contributed by atoms with van der Waals surface area (Å²) in [5.41, 5.74) is 4.24. The zero-order valence-corrected chi connectivity index (χ0v) is 15.3. The molecule has 0 heterocycles. The van der Waals surface area contributed by atoms with E-state index in [1.54, 1.807) is 26.4 Å². The lowest BCUT2D eigenvalue weighted by molar-refractivity contribution is 0.415. The van der Waals surface area contributed by atoms with Gasteiger partial charge in [-0.2, -0.15) is 0 Å². The van der Waals surface area contributed by atoms with Crippen molar-refractivity contribution in [2.75, 3.05) is 14.2 Å². The van der Waals surface area contributed by atoms with E-state index < -0.39 is 0 Å². The Balaban J connectivity index is 2.01. The molecule has 0 radical (unpaired) electrons. The number of rotatable bonds is 4. The van der Waals surface area contributed by atoms with Gasteiger partial charge in [0.1, 0.15) is 17.2 Å². The van der Waals surface area contributed by atoms with Gasteiger partial charge in [-0.05, 0) is 69.4 Å². The first-order chi connectivity index (χ1) is 13.2. The largest absolute Gasteiger partial charge is 0.508 e. The van der Waals surface area contributed by atoms with Crippen LogP contribution in [0.3, 0.4) is 0 Å². The molecular formula is C24H20O3. The Morgan fingerprint density at radius 1 is 0.667 bits per heavy atom. The maximum atomic E-state index is 10.0. The Morgan fingerprint density at radius 2 is 1.41 bits per heavy atom. The number of aromatic hydroxyl groups is 1. The van der Waals surface area contributed by atoms with Gasteiger partial charge >= 0.3 is 0 Å². The minimum absolute atomic E-state index is 0.249. The highest BCUT2D eigenvalue weighted by Crippen LogP contribution is 2.40. The molecule has 0 aromatic heterocycles. The molecule has 3 nitrogen and oxygen atoms in total. The van der Waals surface area contributed by atoms with Gasteiger partial charge < -0.3 is 14.6 Å². The Kier molecular flexibility index (Phi) is 4.43. The molecule has 0 amide bonds. The van der Waals surface area contributed by atoms with E-state index in [2.05, 4.69) is 30.3 Å². The van der Waals surface area contributed by atoms with Gasteiger partial charge in [0.05, 0.1) is 14.2 Å². The number of ether oxygens (including phenoxy) is 2. The fourth-order valence-electron chi connectivity index (χ4n) is 3.42. The number of hydrogen-bond donors (Lipinski definition) is 1. The van der Waals surface area contributed by atoms with Crippen LogP contribution in [0, 0.1) is 0 Å². The molecule has 0 fully saturated rings. The molecular weight excluding hydrogens is 336 g/mol. The number of phenolic OH excluding ortho intramolecular Hbond substituents is 1. The van der Waals surface area contributed by atoms with Gasteiger partial charge in [-0.15, -0.1) is 0 Å². The molecule has 134 valence electrons. The topological polar surface area (TPSA) is 38.7 Å². The summed E-state index contributed by atoms with van der Waals surface area (Å²) < 4.78 is 10.7. The van der Waals surface area contributed by atoms with Gasteiger partial charge in [0.25, 0.3) is 0 Å². The molecule has 0 aliphatic rings. The lowest BCUT2D eigenvalue weighted by atomic mass is 9.89. The maximum absolute atomic E-state index is 10.0. The van der Waals surface area contributed by atoms with E-state index in [4.69, 9.17) is 9.47 Å². The quantitative estimate of drug-likeness (QED) is 0.495. The molecule has 0 atom stereocenters. The van der Waals surface area contributed by atoms with Crippen molar-refractivity contribution in [1.29, 1.82) is 0 Å². The summed E-state index contributed by atoms with van der Waals surface area (Å²) in [6.07, 6.45) is 0. The Morgan fingerprint density at radius 3 is 2.11 bits per heavy atom. The highest BCUT2D eigenvalue weighted by molar-refractivity contribution is 6.04. The molecule has 3 heteroatoms. The van der Waals surface area contributed by atoms with Crippen LogP contribution in [0.25, 0.3) is 33.0 Å². The average molecular weight is 356 g/mol. The number of fused-ring (bicyclic) bond motifs is 1. The molecule has 4 aromatic carbocycles. The number of hydrogen-bond acceptors (Lipinski definition) is 3. The van der Waals surface area contributed by atoms with Crippen LogP contribution in [0.15, 0.2) is 78.9 Å². The second-order valence-electron chi connectivity index (χ2n) is 6.35. The van der Waals surface area contributed by atoms with Crippen molar-refractivity contribution in [2.45, 2.75) is 0 Å². The third-order valence-electron chi connectivity index (χ3n) is 4.76. The first-order valence-electron chi connectivity index (χ1n) is 8.74. The van der Waals surface area contributed by atoms with E-state index in [0.29, 0.717) is 0 Å². The fraction of sp³-hybridized carbons (Fsp3) is 0.0833. The van der Waals surface area contributed by atoms with E-state index in [-0.39, 0.29) is 5.75 Å². The minimum Gasteiger partial charge on any atom is -0.508 e. The van der Waals surface area contributed by atoms with Gasteiger partial charge in [-0.3, -0.25) is 0 Å². The zero-order chi connectivity index (χ0) is 18.8. The Bertz CT molecular complexity index is 1100. The fourth-order valence-corrected chi connectivity index (χ4v) is 3.42. The first-order valence-corrected chi connectivity index (χ1v) is 8.74. The van der Waals surface area contributed by atoms with Crippen molar-refractivity contribution in [1.82, 2.24) is 0 Å². The minimum atomic E-state index is 0.249. The van der Waals surface area contributed by atoms with E-state index in [1.807, 2.05) is 36.4 Å². The van der Waals surface area contributed by atoms with Crippen molar-refractivity contribution in [2.24, 2.45) is 0 Å². The van der Waals surface area contributed by atoms with Gasteiger partial charge in [-0.25, -0.2) is 0 Å². The highest BCUT2D eigenvalue weighted by Gasteiger charge is 2.13. The van der Waals surface area contributed by atoms with Crippen LogP contribution in [-0.4, -0.2) is 19.3 Å². The molecule has 0 saturated heterocycles. The molecule has 1 N–H and O–H groups in total. The summed E-state index contributed by atoms with van der Waals surface area (Å²) in [4.78, 5) is 0. The molecule has 4 aromatic rings. The second kappa shape index (κ2) is 7.04. The van der Waals surface area contributed by atoms with Crippen molar-refractivity contribution < 1.29 is 14.6 Å². The third-order valence-corrected chi connectivity index (χ3v) is 4.76. The summed E-state index contributed by atoms with van der Waals surface area (Å²) in [7, 11) is 3.33. The molecule has 4 rings (SSSR count). The van der Waals surface area contributed by atoms with Gasteiger partial charge in [0, 0.05) is 0 Å². The predicted molar refractivity (Wildman–Crippen MR) is 110 cm³/mol. The van der Waals surface area contributed by atoms with Crippen molar-refractivity contribution in [3.63, 3.8) is 0 Å². The molecule has 27 heavy (non-hydrogen) atoms. The van der Waals surface area contributed by atoms with Gasteiger partial charge in [0.2, 0.25) is 0 Å². The number of benzene rings is 4. The lowest BCUT2D eigenvalue weighted by Crippen LogP contribution is -1.90. The van der Waals surface area contributed by atoms with E-state index >= 15 is 0 Å². The third kappa shape index (κ3) is 3.20. The van der Waals surface area contributed by atoms with Gasteiger partial charge in [-0.1, -0.05) is 42.5 Å². The monoisotopic (exact) mass is 356 g/mol. The molecule has 0 bridgehead atoms. The molecule has 0 unspecified atom stereocenters. The SMILES string of the molecule is COc1ccc(-c2ccc3cc(OC)ccc3c2-c2cccc(O)c2)cc1. The molecule has 0 saturated carbocycles. The van der Waals surface area contributed by atoms with Crippen LogP contribution >= 0.6 is 0 Å². The molecule has 0 aliphatic heterocycles. The summed E-state index contributed by atoms with van der Waals surface area (Å²) >= 11 is 0. The Labute approximate surface area is 158 Å². The molecule has 0 aliphatic carbocycles.